The number of benzene rings is 1. The van der Waals surface area contributed by atoms with Crippen molar-refractivity contribution in [2.75, 3.05) is 11.9 Å². The third-order valence-electron chi connectivity index (χ3n) is 8.22. The van der Waals surface area contributed by atoms with E-state index in [0.29, 0.717) is 11.3 Å². The van der Waals surface area contributed by atoms with Crippen molar-refractivity contribution in [3.8, 4) is 0 Å². The summed E-state index contributed by atoms with van der Waals surface area (Å²) in [6.07, 6.45) is 2.03. The Balaban J connectivity index is 1.50. The molecule has 1 N–H and O–H groups in total. The summed E-state index contributed by atoms with van der Waals surface area (Å²) >= 11 is 16.3. The van der Waals surface area contributed by atoms with Gasteiger partial charge in [-0.05, 0) is 77.7 Å². The third kappa shape index (κ3) is 3.17. The number of nitrogens with zero attached hydrogens (tertiary/aromatic N) is 2. The molecule has 0 radical (unpaired) electrons. The molecule has 37 heavy (non-hydrogen) atoms. The first-order valence-electron chi connectivity index (χ1n) is 11.8. The number of aliphatic hydroxyl groups is 1. The van der Waals surface area contributed by atoms with E-state index in [4.69, 9.17) is 27.6 Å². The number of carbonyl (C=O) groups excluding carboxylic acids is 4. The number of furan rings is 1. The Morgan fingerprint density at radius 1 is 1.03 bits per heavy atom. The number of allylic oxidation sites excluding steroid dienone is 2. The van der Waals surface area contributed by atoms with Gasteiger partial charge in [0.2, 0.25) is 11.8 Å². The van der Waals surface area contributed by atoms with Crippen LogP contribution < -0.4 is 4.90 Å². The maximum absolute atomic E-state index is 13.9. The summed E-state index contributed by atoms with van der Waals surface area (Å²) in [5.74, 6) is -4.44. The molecular weight excluding hydrogens is 634 g/mol. The quantitative estimate of drug-likeness (QED) is 0.235. The van der Waals surface area contributed by atoms with E-state index < -0.39 is 45.2 Å². The van der Waals surface area contributed by atoms with Crippen LogP contribution in [0.2, 0.25) is 0 Å². The van der Waals surface area contributed by atoms with Gasteiger partial charge in [0, 0.05) is 10.6 Å². The van der Waals surface area contributed by atoms with Crippen molar-refractivity contribution >= 4 is 75.1 Å². The van der Waals surface area contributed by atoms with Crippen molar-refractivity contribution in [3.63, 3.8) is 0 Å². The summed E-state index contributed by atoms with van der Waals surface area (Å²) in [6, 6.07) is 10.3. The average Bonchev–Trinajstić information content (AvgIpc) is 3.49. The Hall–Kier alpha value is -2.21. The molecule has 2 aliphatic heterocycles. The summed E-state index contributed by atoms with van der Waals surface area (Å²) in [7, 11) is 1.33. The lowest BCUT2D eigenvalue weighted by atomic mass is 9.57. The number of imide groups is 2. The van der Waals surface area contributed by atoms with Gasteiger partial charge in [-0.1, -0.05) is 11.6 Å². The fourth-order valence-electron chi connectivity index (χ4n) is 6.54. The van der Waals surface area contributed by atoms with Gasteiger partial charge in [0.15, 0.2) is 9.75 Å². The van der Waals surface area contributed by atoms with Gasteiger partial charge >= 0.3 is 0 Å². The lowest BCUT2D eigenvalue weighted by molar-refractivity contribution is -0.138. The fraction of sp³-hybridized carbons (Fsp3) is 0.385. The minimum absolute atomic E-state index is 0.0798. The van der Waals surface area contributed by atoms with Crippen LogP contribution >= 0.6 is 45.8 Å². The standard InChI is InChI=1S/C26H21Cl2IN2O6/c1-30-23(35)25(27)10-17-15(20(26(25,28)24(30)36)18-9-6-14(11-32)37-18)7-8-16-19(17)22(34)31(21(16)33)13-4-2-12(29)3-5-13/h2-7,9,16-17,19-20,32H,8,10-11H2,1H3/t16-,17+,19-,20+,25+,26-/m0/s1. The first-order chi connectivity index (χ1) is 17.5. The number of hydrogen-bond acceptors (Lipinski definition) is 6. The second kappa shape index (κ2) is 8.39. The van der Waals surface area contributed by atoms with Gasteiger partial charge in [-0.2, -0.15) is 0 Å². The Morgan fingerprint density at radius 2 is 1.73 bits per heavy atom. The van der Waals surface area contributed by atoms with E-state index in [1.807, 2.05) is 18.2 Å². The highest BCUT2D eigenvalue weighted by Crippen LogP contribution is 2.65. The SMILES string of the molecule is CN1C(=O)[C@]2(Cl)C[C@@H]3C(=CC[C@@H]4C(=O)N(c5ccc(I)cc5)C(=O)[C@@H]43)[C@H](c3ccc(CO)o3)[C@]2(Cl)C1=O. The van der Waals surface area contributed by atoms with Gasteiger partial charge in [-0.3, -0.25) is 29.0 Å². The van der Waals surface area contributed by atoms with Crippen molar-refractivity contribution in [2.45, 2.75) is 35.1 Å². The topological polar surface area (TPSA) is 108 Å². The van der Waals surface area contributed by atoms with E-state index in [-0.39, 0.29) is 42.8 Å². The summed E-state index contributed by atoms with van der Waals surface area (Å²) in [4.78, 5) is 52.6. The van der Waals surface area contributed by atoms with E-state index >= 15 is 0 Å². The Kier molecular flexibility index (Phi) is 5.69. The molecule has 0 spiro atoms. The summed E-state index contributed by atoms with van der Waals surface area (Å²) in [6.45, 7) is -0.369. The second-order valence-corrected chi connectivity index (χ2v) is 12.4. The molecule has 6 atom stereocenters. The highest BCUT2D eigenvalue weighted by molar-refractivity contribution is 14.1. The highest BCUT2D eigenvalue weighted by Gasteiger charge is 2.76. The van der Waals surface area contributed by atoms with Crippen molar-refractivity contribution in [1.82, 2.24) is 4.90 Å². The van der Waals surface area contributed by atoms with E-state index in [9.17, 15) is 24.3 Å². The molecule has 6 rings (SSSR count). The minimum atomic E-state index is -1.90. The van der Waals surface area contributed by atoms with Gasteiger partial charge in [0.1, 0.15) is 18.1 Å². The fourth-order valence-corrected chi connectivity index (χ4v) is 7.90. The molecule has 1 aromatic carbocycles. The average molecular weight is 655 g/mol. The Labute approximate surface area is 235 Å². The molecule has 192 valence electrons. The van der Waals surface area contributed by atoms with Crippen LogP contribution in [0.5, 0.6) is 0 Å². The summed E-state index contributed by atoms with van der Waals surface area (Å²) in [5.41, 5.74) is 1.13. The number of anilines is 1. The minimum Gasteiger partial charge on any atom is -0.463 e. The van der Waals surface area contributed by atoms with Crippen molar-refractivity contribution in [3.05, 3.63) is 63.1 Å². The van der Waals surface area contributed by atoms with E-state index in [2.05, 4.69) is 22.6 Å². The number of likely N-dealkylation sites (tertiary alicyclic amines) is 1. The van der Waals surface area contributed by atoms with Crippen molar-refractivity contribution in [1.29, 1.82) is 0 Å². The number of hydrogen-bond donors (Lipinski definition) is 1. The second-order valence-electron chi connectivity index (χ2n) is 9.95. The van der Waals surface area contributed by atoms with Gasteiger partial charge < -0.3 is 9.52 Å². The number of carbonyl (C=O) groups is 4. The van der Waals surface area contributed by atoms with Crippen molar-refractivity contribution in [2.24, 2.45) is 17.8 Å². The van der Waals surface area contributed by atoms with Gasteiger partial charge in [-0.25, -0.2) is 0 Å². The first-order valence-corrected chi connectivity index (χ1v) is 13.6. The predicted octanol–water partition coefficient (Wildman–Crippen LogP) is 3.57. The smallest absolute Gasteiger partial charge is 0.253 e. The molecule has 0 bridgehead atoms. The first kappa shape index (κ1) is 25.1. The molecule has 3 heterocycles. The number of aliphatic hydroxyl groups excluding tert-OH is 1. The van der Waals surface area contributed by atoms with Crippen LogP contribution in [0.15, 0.2) is 52.5 Å². The molecule has 4 amide bonds. The zero-order chi connectivity index (χ0) is 26.4. The molecule has 1 saturated carbocycles. The van der Waals surface area contributed by atoms with Gasteiger partial charge in [-0.15, -0.1) is 23.2 Å². The van der Waals surface area contributed by atoms with Gasteiger partial charge in [0.25, 0.3) is 11.8 Å². The normalized spacial score (nSPS) is 35.0. The van der Waals surface area contributed by atoms with E-state index in [0.717, 1.165) is 8.47 Å². The predicted molar refractivity (Wildman–Crippen MR) is 142 cm³/mol. The van der Waals surface area contributed by atoms with Crippen LogP contribution in [0.4, 0.5) is 5.69 Å². The molecule has 1 aromatic heterocycles. The highest BCUT2D eigenvalue weighted by atomic mass is 127. The summed E-state index contributed by atoms with van der Waals surface area (Å²) in [5, 5.41) is 9.58. The maximum Gasteiger partial charge on any atom is 0.253 e. The molecule has 8 nitrogen and oxygen atoms in total. The van der Waals surface area contributed by atoms with E-state index in [1.54, 1.807) is 24.3 Å². The number of fused-ring (bicyclic) bond motifs is 4. The number of amides is 4. The van der Waals surface area contributed by atoms with Crippen LogP contribution in [0.1, 0.15) is 30.3 Å². The lowest BCUT2D eigenvalue weighted by Gasteiger charge is -2.49. The van der Waals surface area contributed by atoms with Crippen LogP contribution in [-0.4, -0.2) is 50.4 Å². The van der Waals surface area contributed by atoms with Crippen molar-refractivity contribution < 1.29 is 28.7 Å². The monoisotopic (exact) mass is 654 g/mol. The Bertz CT molecular complexity index is 1410. The molecule has 3 fully saturated rings. The molecule has 2 saturated heterocycles. The summed E-state index contributed by atoms with van der Waals surface area (Å²) < 4.78 is 6.81. The number of alkyl halides is 2. The van der Waals surface area contributed by atoms with Crippen LogP contribution in [0.25, 0.3) is 0 Å². The molecule has 0 unspecified atom stereocenters. The van der Waals surface area contributed by atoms with Gasteiger partial charge in [0.05, 0.1) is 23.4 Å². The molecule has 2 aliphatic carbocycles. The molecular formula is C26H21Cl2IN2O6. The largest absolute Gasteiger partial charge is 0.463 e. The lowest BCUT2D eigenvalue weighted by Crippen LogP contribution is -2.60. The number of halogens is 3. The zero-order valence-corrected chi connectivity index (χ0v) is 23.2. The molecule has 4 aliphatic rings. The number of rotatable bonds is 3. The van der Waals surface area contributed by atoms with Crippen LogP contribution in [0, 0.1) is 21.3 Å². The maximum atomic E-state index is 13.9. The molecule has 2 aromatic rings. The zero-order valence-electron chi connectivity index (χ0n) is 19.5. The van der Waals surface area contributed by atoms with Crippen LogP contribution in [-0.2, 0) is 25.8 Å². The van der Waals surface area contributed by atoms with Crippen LogP contribution in [0.3, 0.4) is 0 Å². The molecule has 11 heteroatoms. The Morgan fingerprint density at radius 3 is 2.38 bits per heavy atom. The third-order valence-corrected chi connectivity index (χ3v) is 10.4. The van der Waals surface area contributed by atoms with E-state index in [1.165, 1.54) is 11.9 Å².